The average Bonchev–Trinajstić information content (AvgIpc) is 4.01. The summed E-state index contributed by atoms with van der Waals surface area (Å²) >= 11 is 1.81. The summed E-state index contributed by atoms with van der Waals surface area (Å²) in [6.07, 6.45) is 3.86. The summed E-state index contributed by atoms with van der Waals surface area (Å²) in [6, 6.07) is 71.5. The molecule has 0 saturated carbocycles. The molecule has 0 fully saturated rings. The molecule has 0 saturated heterocycles. The standard InChI is InChI=1S/C57H35N5S/c1-3-12-36(13-4-1)50-33-41(34-51(60-50)37-14-5-2-6-15-37)62-53-21-10-8-17-43(53)45-31-39(23-26-55(45)62)49-19-11-18-48(59-49)38-22-25-54-44(30-38)42-16-7-9-20-52(42)61(54)40-24-27-56-46(32-40)47-35-58-29-28-57(47)63-56/h1-35H. The number of aromatic nitrogens is 5. The normalized spacial score (nSPS) is 11.8. The van der Waals surface area contributed by atoms with Crippen LogP contribution in [0.4, 0.5) is 0 Å². The molecule has 0 aliphatic heterocycles. The predicted octanol–water partition coefficient (Wildman–Crippen LogP) is 15.1. The second kappa shape index (κ2) is 14.2. The van der Waals surface area contributed by atoms with Crippen LogP contribution in [0.15, 0.2) is 213 Å². The van der Waals surface area contributed by atoms with E-state index in [1.165, 1.54) is 47.2 Å². The highest BCUT2D eigenvalue weighted by Gasteiger charge is 2.18. The van der Waals surface area contributed by atoms with E-state index in [0.29, 0.717) is 0 Å². The van der Waals surface area contributed by atoms with E-state index in [1.54, 1.807) is 0 Å². The highest BCUT2D eigenvalue weighted by molar-refractivity contribution is 7.25. The average molecular weight is 822 g/mol. The first-order chi connectivity index (χ1) is 31.2. The van der Waals surface area contributed by atoms with Gasteiger partial charge >= 0.3 is 0 Å². The number of rotatable bonds is 6. The van der Waals surface area contributed by atoms with Crippen LogP contribution in [0.2, 0.25) is 0 Å². The van der Waals surface area contributed by atoms with Gasteiger partial charge in [0.2, 0.25) is 0 Å². The van der Waals surface area contributed by atoms with Crippen molar-refractivity contribution in [3.8, 4) is 56.4 Å². The number of nitrogens with zero attached hydrogens (tertiary/aromatic N) is 5. The van der Waals surface area contributed by atoms with Crippen molar-refractivity contribution < 1.29 is 0 Å². The van der Waals surface area contributed by atoms with Crippen molar-refractivity contribution in [3.05, 3.63) is 213 Å². The lowest BCUT2D eigenvalue weighted by Crippen LogP contribution is -1.98. The van der Waals surface area contributed by atoms with Gasteiger partial charge in [-0.3, -0.25) is 4.98 Å². The minimum atomic E-state index is 0.932. The van der Waals surface area contributed by atoms with Gasteiger partial charge in [0, 0.05) is 82.1 Å². The minimum absolute atomic E-state index is 0.932. The van der Waals surface area contributed by atoms with Crippen LogP contribution in [0.1, 0.15) is 0 Å². The molecule has 0 aliphatic rings. The molecule has 0 radical (unpaired) electrons. The van der Waals surface area contributed by atoms with Crippen LogP contribution in [-0.2, 0) is 0 Å². The molecule has 294 valence electrons. The fourth-order valence-corrected chi connectivity index (χ4v) is 10.5. The van der Waals surface area contributed by atoms with Gasteiger partial charge in [0.1, 0.15) is 0 Å². The summed E-state index contributed by atoms with van der Waals surface area (Å²) in [5, 5.41) is 7.21. The van der Waals surface area contributed by atoms with Gasteiger partial charge in [-0.2, -0.15) is 0 Å². The zero-order valence-corrected chi connectivity index (χ0v) is 34.7. The number of thiophene rings is 1. The molecule has 0 N–H and O–H groups in total. The summed E-state index contributed by atoms with van der Waals surface area (Å²) < 4.78 is 7.29. The third-order valence-electron chi connectivity index (χ3n) is 12.4. The third kappa shape index (κ3) is 5.80. The van der Waals surface area contributed by atoms with E-state index in [0.717, 1.165) is 73.0 Å². The number of hydrogen-bond acceptors (Lipinski definition) is 4. The molecule has 63 heavy (non-hydrogen) atoms. The minimum Gasteiger partial charge on any atom is -0.309 e. The molecule has 0 amide bonds. The molecule has 5 nitrogen and oxygen atoms in total. The number of para-hydroxylation sites is 2. The molecule has 0 spiro atoms. The van der Waals surface area contributed by atoms with E-state index in [4.69, 9.17) is 9.97 Å². The molecular weight excluding hydrogens is 787 g/mol. The maximum atomic E-state index is 5.34. The molecule has 6 aromatic heterocycles. The van der Waals surface area contributed by atoms with Crippen LogP contribution in [0.25, 0.3) is 120 Å². The first-order valence-electron chi connectivity index (χ1n) is 21.2. The van der Waals surface area contributed by atoms with Crippen molar-refractivity contribution in [1.82, 2.24) is 24.1 Å². The topological polar surface area (TPSA) is 48.5 Å². The predicted molar refractivity (Wildman–Crippen MR) is 263 cm³/mol. The Hall–Kier alpha value is -8.19. The highest BCUT2D eigenvalue weighted by atomic mass is 32.1. The lowest BCUT2D eigenvalue weighted by atomic mass is 10.0. The van der Waals surface area contributed by atoms with Crippen molar-refractivity contribution in [2.45, 2.75) is 0 Å². The number of pyridine rings is 3. The monoisotopic (exact) mass is 821 g/mol. The molecule has 0 aliphatic carbocycles. The molecule has 13 rings (SSSR count). The first kappa shape index (κ1) is 35.6. The Morgan fingerprint density at radius 3 is 1.46 bits per heavy atom. The van der Waals surface area contributed by atoms with E-state index >= 15 is 0 Å². The Morgan fingerprint density at radius 1 is 0.317 bits per heavy atom. The smallest absolute Gasteiger partial charge is 0.0730 e. The van der Waals surface area contributed by atoms with Crippen LogP contribution < -0.4 is 0 Å². The van der Waals surface area contributed by atoms with Crippen LogP contribution in [0.5, 0.6) is 0 Å². The van der Waals surface area contributed by atoms with Crippen LogP contribution in [0.3, 0.4) is 0 Å². The zero-order valence-electron chi connectivity index (χ0n) is 33.9. The van der Waals surface area contributed by atoms with Crippen molar-refractivity contribution in [3.63, 3.8) is 0 Å². The van der Waals surface area contributed by atoms with Crippen molar-refractivity contribution in [2.24, 2.45) is 0 Å². The van der Waals surface area contributed by atoms with Gasteiger partial charge in [-0.05, 0) is 84.9 Å². The number of benzene rings is 7. The second-order valence-electron chi connectivity index (χ2n) is 16.1. The van der Waals surface area contributed by atoms with E-state index in [9.17, 15) is 0 Å². The molecule has 0 bridgehead atoms. The summed E-state index contributed by atoms with van der Waals surface area (Å²) in [6.45, 7) is 0. The summed E-state index contributed by atoms with van der Waals surface area (Å²) in [4.78, 5) is 15.0. The molecular formula is C57H35N5S. The highest BCUT2D eigenvalue weighted by Crippen LogP contribution is 2.40. The van der Waals surface area contributed by atoms with Gasteiger partial charge in [0.25, 0.3) is 0 Å². The Labute approximate surface area is 366 Å². The van der Waals surface area contributed by atoms with Gasteiger partial charge in [-0.15, -0.1) is 11.3 Å². The zero-order chi connectivity index (χ0) is 41.4. The SMILES string of the molecule is c1ccc(-c2cc(-n3c4ccccc4c4cc(-c5cccc(-c6ccc7c(c6)c6ccccc6n7-c6ccc7sc8ccncc8c7c6)n5)ccc43)cc(-c3ccccc3)n2)cc1. The van der Waals surface area contributed by atoms with Gasteiger partial charge in [0.15, 0.2) is 0 Å². The maximum Gasteiger partial charge on any atom is 0.0730 e. The molecule has 13 aromatic rings. The van der Waals surface area contributed by atoms with Gasteiger partial charge < -0.3 is 9.13 Å². The molecule has 0 unspecified atom stereocenters. The van der Waals surface area contributed by atoms with Crippen molar-refractivity contribution in [1.29, 1.82) is 0 Å². The van der Waals surface area contributed by atoms with Crippen molar-refractivity contribution >= 4 is 75.1 Å². The van der Waals surface area contributed by atoms with Crippen LogP contribution in [0, 0.1) is 0 Å². The number of hydrogen-bond donors (Lipinski definition) is 0. The van der Waals surface area contributed by atoms with Crippen molar-refractivity contribution in [2.75, 3.05) is 0 Å². The molecule has 7 aromatic carbocycles. The summed E-state index contributed by atoms with van der Waals surface area (Å²) in [5.41, 5.74) is 14.9. The molecule has 0 atom stereocenters. The van der Waals surface area contributed by atoms with Gasteiger partial charge in [-0.1, -0.05) is 115 Å². The van der Waals surface area contributed by atoms with E-state index in [2.05, 4.69) is 202 Å². The fraction of sp³-hybridized carbons (Fsp3) is 0. The second-order valence-corrected chi connectivity index (χ2v) is 17.1. The Bertz CT molecular complexity index is 3860. The van der Waals surface area contributed by atoms with Crippen LogP contribution in [-0.4, -0.2) is 24.1 Å². The van der Waals surface area contributed by atoms with Gasteiger partial charge in [-0.25, -0.2) is 9.97 Å². The van der Waals surface area contributed by atoms with Gasteiger partial charge in [0.05, 0.1) is 50.5 Å². The maximum absolute atomic E-state index is 5.34. The quantitative estimate of drug-likeness (QED) is 0.168. The molecule has 6 heteroatoms. The fourth-order valence-electron chi connectivity index (χ4n) is 9.48. The summed E-state index contributed by atoms with van der Waals surface area (Å²) in [7, 11) is 0. The van der Waals surface area contributed by atoms with E-state index < -0.39 is 0 Å². The van der Waals surface area contributed by atoms with E-state index in [-0.39, 0.29) is 0 Å². The largest absolute Gasteiger partial charge is 0.309 e. The van der Waals surface area contributed by atoms with Crippen LogP contribution >= 0.6 is 11.3 Å². The number of fused-ring (bicyclic) bond motifs is 9. The lowest BCUT2D eigenvalue weighted by Gasteiger charge is -2.13. The lowest BCUT2D eigenvalue weighted by molar-refractivity contribution is 1.16. The molecule has 6 heterocycles. The Balaban J connectivity index is 0.920. The Morgan fingerprint density at radius 2 is 0.841 bits per heavy atom. The third-order valence-corrected chi connectivity index (χ3v) is 13.6. The van der Waals surface area contributed by atoms with E-state index in [1.807, 2.05) is 35.9 Å². The first-order valence-corrected chi connectivity index (χ1v) is 22.0. The summed E-state index contributed by atoms with van der Waals surface area (Å²) in [5.74, 6) is 0. The Kier molecular flexibility index (Phi) is 8.01.